The lowest BCUT2D eigenvalue weighted by molar-refractivity contribution is -0.126. The third-order valence-corrected chi connectivity index (χ3v) is 5.14. The van der Waals surface area contributed by atoms with Crippen molar-refractivity contribution in [3.05, 3.63) is 75.2 Å². The highest BCUT2D eigenvalue weighted by Gasteiger charge is 2.14. The number of anilines is 1. The van der Waals surface area contributed by atoms with Crippen LogP contribution in [0.1, 0.15) is 26.8 Å². The Balaban J connectivity index is 1.33. The number of nitrogens with zero attached hydrogens (tertiary/aromatic N) is 2. The van der Waals surface area contributed by atoms with Gasteiger partial charge < -0.3 is 15.4 Å². The molecular formula is C21H21ClN4O3S. The Labute approximate surface area is 183 Å². The number of benzene rings is 2. The topological polar surface area (TPSA) is 93.2 Å². The van der Waals surface area contributed by atoms with Crippen molar-refractivity contribution in [1.82, 2.24) is 15.5 Å². The van der Waals surface area contributed by atoms with Gasteiger partial charge in [-0.2, -0.15) is 0 Å². The van der Waals surface area contributed by atoms with Crippen LogP contribution in [0.25, 0.3) is 0 Å². The molecule has 0 aliphatic rings. The summed E-state index contributed by atoms with van der Waals surface area (Å²) in [6, 6.07) is 16.9. The molecule has 0 saturated carbocycles. The Bertz CT molecular complexity index is 981. The fourth-order valence-corrected chi connectivity index (χ4v) is 3.46. The van der Waals surface area contributed by atoms with E-state index in [2.05, 4.69) is 33.0 Å². The first-order valence-corrected chi connectivity index (χ1v) is 10.6. The number of nitrogens with one attached hydrogen (secondary N) is 2. The van der Waals surface area contributed by atoms with Gasteiger partial charge in [-0.3, -0.25) is 9.59 Å². The maximum Gasteiger partial charge on any atom is 0.286 e. The van der Waals surface area contributed by atoms with Gasteiger partial charge in [-0.25, -0.2) is 0 Å². The Morgan fingerprint density at radius 1 is 1.07 bits per heavy atom. The van der Waals surface area contributed by atoms with Crippen LogP contribution in [0.15, 0.2) is 54.6 Å². The summed E-state index contributed by atoms with van der Waals surface area (Å²) >= 11 is 7.01. The first kappa shape index (κ1) is 21.9. The van der Waals surface area contributed by atoms with Crippen LogP contribution in [-0.4, -0.2) is 35.2 Å². The largest absolute Gasteiger partial charge is 0.364 e. The van der Waals surface area contributed by atoms with Crippen LogP contribution in [0.5, 0.6) is 0 Å². The van der Waals surface area contributed by atoms with Gasteiger partial charge in [-0.15, -0.1) is 10.2 Å². The van der Waals surface area contributed by atoms with Gasteiger partial charge in [0.25, 0.3) is 5.91 Å². The van der Waals surface area contributed by atoms with Gasteiger partial charge in [0.15, 0.2) is 0 Å². The number of amides is 2. The Hall–Kier alpha value is -2.81. The summed E-state index contributed by atoms with van der Waals surface area (Å²) in [6.45, 7) is 0.623. The third kappa shape index (κ3) is 7.22. The number of aromatic nitrogens is 2. The van der Waals surface area contributed by atoms with Crippen LogP contribution in [0.2, 0.25) is 5.02 Å². The second-order valence-electron chi connectivity index (χ2n) is 6.40. The van der Waals surface area contributed by atoms with E-state index in [0.717, 1.165) is 24.2 Å². The SMILES string of the molecule is O=C(COCc1nnc(C(=O)Nc2cccc(Cl)c2)s1)NCCCc1ccccc1. The van der Waals surface area contributed by atoms with Gasteiger partial charge in [0.2, 0.25) is 10.9 Å². The molecule has 1 aromatic heterocycles. The maximum atomic E-state index is 12.2. The van der Waals surface area contributed by atoms with E-state index < -0.39 is 0 Å². The van der Waals surface area contributed by atoms with Gasteiger partial charge in [-0.1, -0.05) is 59.3 Å². The molecule has 0 spiro atoms. The lowest BCUT2D eigenvalue weighted by Crippen LogP contribution is -2.28. The van der Waals surface area contributed by atoms with Crippen LogP contribution in [-0.2, 0) is 22.6 Å². The third-order valence-electron chi connectivity index (χ3n) is 4.01. The van der Waals surface area contributed by atoms with E-state index in [4.69, 9.17) is 16.3 Å². The van der Waals surface area contributed by atoms with Gasteiger partial charge in [0.05, 0.1) is 0 Å². The molecule has 0 aliphatic carbocycles. The van der Waals surface area contributed by atoms with E-state index in [1.54, 1.807) is 24.3 Å². The van der Waals surface area contributed by atoms with Crippen molar-refractivity contribution in [2.24, 2.45) is 0 Å². The molecule has 0 bridgehead atoms. The summed E-state index contributed by atoms with van der Waals surface area (Å²) in [7, 11) is 0. The van der Waals surface area contributed by atoms with E-state index in [9.17, 15) is 9.59 Å². The highest BCUT2D eigenvalue weighted by Crippen LogP contribution is 2.17. The second kappa shape index (κ2) is 11.4. The van der Waals surface area contributed by atoms with Crippen molar-refractivity contribution in [3.8, 4) is 0 Å². The zero-order valence-electron chi connectivity index (χ0n) is 16.1. The predicted octanol–water partition coefficient (Wildman–Crippen LogP) is 3.71. The van der Waals surface area contributed by atoms with E-state index in [-0.39, 0.29) is 30.0 Å². The molecule has 0 fully saturated rings. The molecule has 2 aromatic carbocycles. The monoisotopic (exact) mass is 444 g/mol. The Kier molecular flexibility index (Phi) is 8.31. The highest BCUT2D eigenvalue weighted by atomic mass is 35.5. The molecule has 3 aromatic rings. The van der Waals surface area contributed by atoms with Gasteiger partial charge >= 0.3 is 0 Å². The molecule has 156 valence electrons. The first-order chi connectivity index (χ1) is 14.6. The Morgan fingerprint density at radius 2 is 1.90 bits per heavy atom. The standard InChI is InChI=1S/C21H21ClN4O3S/c22-16-9-4-10-17(12-16)24-20(28)21-26-25-19(30-21)14-29-13-18(27)23-11-5-8-15-6-2-1-3-7-15/h1-4,6-7,9-10,12H,5,8,11,13-14H2,(H,23,27)(H,24,28). The summed E-state index contributed by atoms with van der Waals surface area (Å²) in [4.78, 5) is 24.1. The van der Waals surface area contributed by atoms with Crippen LogP contribution >= 0.6 is 22.9 Å². The lowest BCUT2D eigenvalue weighted by atomic mass is 10.1. The van der Waals surface area contributed by atoms with Gasteiger partial charge in [0.1, 0.15) is 18.2 Å². The van der Waals surface area contributed by atoms with E-state index in [1.807, 2.05) is 18.2 Å². The quantitative estimate of drug-likeness (QED) is 0.465. The van der Waals surface area contributed by atoms with Gasteiger partial charge in [-0.05, 0) is 36.6 Å². The summed E-state index contributed by atoms with van der Waals surface area (Å²) in [5.41, 5.74) is 1.82. The average molecular weight is 445 g/mol. The minimum absolute atomic E-state index is 0.0744. The Morgan fingerprint density at radius 3 is 2.70 bits per heavy atom. The molecule has 0 aliphatic heterocycles. The van der Waals surface area contributed by atoms with E-state index in [0.29, 0.717) is 22.3 Å². The molecule has 0 atom stereocenters. The van der Waals surface area contributed by atoms with Crippen molar-refractivity contribution >= 4 is 40.4 Å². The minimum atomic E-state index is -0.378. The summed E-state index contributed by atoms with van der Waals surface area (Å²) in [6.07, 6.45) is 1.77. The van der Waals surface area contributed by atoms with Gasteiger partial charge in [0, 0.05) is 17.3 Å². The second-order valence-corrected chi connectivity index (χ2v) is 7.90. The predicted molar refractivity (Wildman–Crippen MR) is 117 cm³/mol. The number of hydrogen-bond acceptors (Lipinski definition) is 6. The molecular weight excluding hydrogens is 424 g/mol. The number of rotatable bonds is 10. The molecule has 30 heavy (non-hydrogen) atoms. The first-order valence-electron chi connectivity index (χ1n) is 9.38. The zero-order chi connectivity index (χ0) is 21.2. The summed E-state index contributed by atoms with van der Waals surface area (Å²) < 4.78 is 5.37. The summed E-state index contributed by atoms with van der Waals surface area (Å²) in [5.74, 6) is -0.566. The fraction of sp³-hybridized carbons (Fsp3) is 0.238. The normalized spacial score (nSPS) is 10.6. The number of ether oxygens (including phenoxy) is 1. The summed E-state index contributed by atoms with van der Waals surface area (Å²) in [5, 5.41) is 14.6. The fourth-order valence-electron chi connectivity index (χ4n) is 2.60. The molecule has 2 N–H and O–H groups in total. The molecule has 9 heteroatoms. The van der Waals surface area contributed by atoms with E-state index in [1.165, 1.54) is 5.56 Å². The number of aryl methyl sites for hydroxylation is 1. The zero-order valence-corrected chi connectivity index (χ0v) is 17.7. The minimum Gasteiger partial charge on any atom is -0.364 e. The molecule has 1 heterocycles. The number of halogens is 1. The van der Waals surface area contributed by atoms with Crippen LogP contribution in [0.3, 0.4) is 0 Å². The van der Waals surface area contributed by atoms with E-state index >= 15 is 0 Å². The molecule has 7 nitrogen and oxygen atoms in total. The van der Waals surface area contributed by atoms with Crippen molar-refractivity contribution in [3.63, 3.8) is 0 Å². The molecule has 0 unspecified atom stereocenters. The number of hydrogen-bond donors (Lipinski definition) is 2. The highest BCUT2D eigenvalue weighted by molar-refractivity contribution is 7.13. The molecule has 2 amide bonds. The molecule has 3 rings (SSSR count). The van der Waals surface area contributed by atoms with Crippen molar-refractivity contribution in [1.29, 1.82) is 0 Å². The molecule has 0 saturated heterocycles. The smallest absolute Gasteiger partial charge is 0.286 e. The number of carbonyl (C=O) groups excluding carboxylic acids is 2. The maximum absolute atomic E-state index is 12.2. The van der Waals surface area contributed by atoms with Crippen molar-refractivity contribution in [2.75, 3.05) is 18.5 Å². The number of carbonyl (C=O) groups is 2. The lowest BCUT2D eigenvalue weighted by Gasteiger charge is -2.05. The van der Waals surface area contributed by atoms with Crippen molar-refractivity contribution < 1.29 is 14.3 Å². The van der Waals surface area contributed by atoms with Crippen LogP contribution < -0.4 is 10.6 Å². The van der Waals surface area contributed by atoms with Crippen molar-refractivity contribution in [2.45, 2.75) is 19.4 Å². The van der Waals surface area contributed by atoms with Crippen LogP contribution in [0, 0.1) is 0 Å². The average Bonchev–Trinajstić information content (AvgIpc) is 3.21. The molecule has 0 radical (unpaired) electrons. The van der Waals surface area contributed by atoms with Crippen LogP contribution in [0.4, 0.5) is 5.69 Å².